The molecule has 3 aromatic carbocycles. The number of carbonyl (C=O) groups excluding carboxylic acids is 1. The maximum Gasteiger partial charge on any atom is 0.261 e. The average molecular weight is 515 g/mol. The number of anilines is 1. The van der Waals surface area contributed by atoms with Crippen molar-refractivity contribution in [3.8, 4) is 11.5 Å². The molecule has 0 aromatic heterocycles. The maximum atomic E-state index is 12.8. The van der Waals surface area contributed by atoms with E-state index in [4.69, 9.17) is 26.4 Å². The standard InChI is InChI=1S/C24H23BrN2O4S/c1-29-13-14-30-21-12-11-18(25)15-19(21)23(28)27-24(32)26-20-9-5-6-10-22(20)31-16-17-7-3-2-4-8-17/h2-12,15H,13-14,16H2,1H3,(H2,26,27,28,32). The summed E-state index contributed by atoms with van der Waals surface area (Å²) in [5, 5.41) is 5.88. The molecule has 0 bridgehead atoms. The van der Waals surface area contributed by atoms with Gasteiger partial charge in [-0.25, -0.2) is 0 Å². The van der Waals surface area contributed by atoms with Gasteiger partial charge in [0.2, 0.25) is 0 Å². The van der Waals surface area contributed by atoms with Gasteiger partial charge in [0.1, 0.15) is 24.7 Å². The second-order valence-electron chi connectivity index (χ2n) is 6.66. The van der Waals surface area contributed by atoms with Gasteiger partial charge in [0.25, 0.3) is 5.91 Å². The molecule has 0 radical (unpaired) electrons. The highest BCUT2D eigenvalue weighted by Gasteiger charge is 2.16. The molecule has 0 saturated carbocycles. The van der Waals surface area contributed by atoms with Gasteiger partial charge in [-0.1, -0.05) is 58.4 Å². The van der Waals surface area contributed by atoms with E-state index in [0.29, 0.717) is 42.6 Å². The molecule has 0 aliphatic heterocycles. The molecule has 0 aliphatic carbocycles. The Balaban J connectivity index is 1.65. The lowest BCUT2D eigenvalue weighted by molar-refractivity contribution is 0.0969. The van der Waals surface area contributed by atoms with Crippen molar-refractivity contribution in [3.63, 3.8) is 0 Å². The summed E-state index contributed by atoms with van der Waals surface area (Å²) < 4.78 is 17.3. The summed E-state index contributed by atoms with van der Waals surface area (Å²) in [7, 11) is 1.59. The zero-order valence-corrected chi connectivity index (χ0v) is 19.9. The number of ether oxygens (including phenoxy) is 3. The molecule has 0 saturated heterocycles. The highest BCUT2D eigenvalue weighted by Crippen LogP contribution is 2.26. The first-order chi connectivity index (χ1) is 15.6. The van der Waals surface area contributed by atoms with Crippen LogP contribution >= 0.6 is 28.1 Å². The molecule has 2 N–H and O–H groups in total. The molecule has 0 heterocycles. The number of nitrogens with one attached hydrogen (secondary N) is 2. The number of benzene rings is 3. The van der Waals surface area contributed by atoms with Crippen molar-refractivity contribution in [2.45, 2.75) is 6.61 Å². The summed E-state index contributed by atoms with van der Waals surface area (Å²) in [5.74, 6) is 0.676. The van der Waals surface area contributed by atoms with Gasteiger partial charge in [0.05, 0.1) is 17.9 Å². The lowest BCUT2D eigenvalue weighted by atomic mass is 10.2. The number of amides is 1. The first kappa shape index (κ1) is 23.7. The fourth-order valence-electron chi connectivity index (χ4n) is 2.80. The Morgan fingerprint density at radius 3 is 2.47 bits per heavy atom. The maximum absolute atomic E-state index is 12.8. The highest BCUT2D eigenvalue weighted by atomic mass is 79.9. The van der Waals surface area contributed by atoms with E-state index < -0.39 is 0 Å². The summed E-state index contributed by atoms with van der Waals surface area (Å²) >= 11 is 8.75. The molecule has 1 amide bonds. The van der Waals surface area contributed by atoms with Crippen molar-refractivity contribution in [1.29, 1.82) is 0 Å². The van der Waals surface area contributed by atoms with Crippen molar-refractivity contribution in [1.82, 2.24) is 5.32 Å². The minimum atomic E-state index is -0.390. The summed E-state index contributed by atoms with van der Waals surface area (Å²) in [6, 6.07) is 22.5. The highest BCUT2D eigenvalue weighted by molar-refractivity contribution is 9.10. The van der Waals surface area contributed by atoms with Crippen molar-refractivity contribution in [2.24, 2.45) is 0 Å². The Morgan fingerprint density at radius 2 is 1.69 bits per heavy atom. The predicted octanol–water partition coefficient (Wildman–Crippen LogP) is 5.18. The zero-order valence-electron chi connectivity index (χ0n) is 17.5. The van der Waals surface area contributed by atoms with E-state index >= 15 is 0 Å². The largest absolute Gasteiger partial charge is 0.490 e. The monoisotopic (exact) mass is 514 g/mol. The van der Waals surface area contributed by atoms with Crippen molar-refractivity contribution >= 4 is 44.9 Å². The SMILES string of the molecule is COCCOc1ccc(Br)cc1C(=O)NC(=S)Nc1ccccc1OCc1ccccc1. The Labute approximate surface area is 201 Å². The lowest BCUT2D eigenvalue weighted by Gasteiger charge is -2.15. The van der Waals surface area contributed by atoms with E-state index in [1.807, 2.05) is 54.6 Å². The van der Waals surface area contributed by atoms with Gasteiger partial charge in [-0.15, -0.1) is 0 Å². The van der Waals surface area contributed by atoms with Gasteiger partial charge >= 0.3 is 0 Å². The van der Waals surface area contributed by atoms with Crippen LogP contribution in [-0.2, 0) is 11.3 Å². The Bertz CT molecular complexity index is 1060. The quantitative estimate of drug-likeness (QED) is 0.303. The van der Waals surface area contributed by atoms with Crippen LogP contribution in [0.15, 0.2) is 77.3 Å². The minimum Gasteiger partial charge on any atom is -0.490 e. The molecule has 0 unspecified atom stereocenters. The lowest BCUT2D eigenvalue weighted by Crippen LogP contribution is -2.34. The predicted molar refractivity (Wildman–Crippen MR) is 132 cm³/mol. The molecule has 0 spiro atoms. The van der Waals surface area contributed by atoms with E-state index in [9.17, 15) is 4.79 Å². The van der Waals surface area contributed by atoms with Gasteiger partial charge < -0.3 is 19.5 Å². The van der Waals surface area contributed by atoms with Crippen LogP contribution in [0.4, 0.5) is 5.69 Å². The normalized spacial score (nSPS) is 10.3. The number of thiocarbonyl (C=S) groups is 1. The first-order valence-corrected chi connectivity index (χ1v) is 11.1. The smallest absolute Gasteiger partial charge is 0.261 e. The number of halogens is 1. The van der Waals surface area contributed by atoms with Gasteiger partial charge in [0.15, 0.2) is 5.11 Å². The van der Waals surface area contributed by atoms with Crippen LogP contribution in [0.25, 0.3) is 0 Å². The minimum absolute atomic E-state index is 0.147. The van der Waals surface area contributed by atoms with Crippen LogP contribution in [0.3, 0.4) is 0 Å². The van der Waals surface area contributed by atoms with E-state index in [0.717, 1.165) is 10.0 Å². The fraction of sp³-hybridized carbons (Fsp3) is 0.167. The second-order valence-corrected chi connectivity index (χ2v) is 7.98. The number of rotatable bonds is 9. The molecule has 0 aliphatic rings. The van der Waals surface area contributed by atoms with E-state index in [-0.39, 0.29) is 11.0 Å². The average Bonchev–Trinajstić information content (AvgIpc) is 2.80. The number of methoxy groups -OCH3 is 1. The van der Waals surface area contributed by atoms with E-state index in [2.05, 4.69) is 26.6 Å². The molecule has 6 nitrogen and oxygen atoms in total. The first-order valence-electron chi connectivity index (χ1n) is 9.86. The summed E-state index contributed by atoms with van der Waals surface area (Å²) in [4.78, 5) is 12.8. The fourth-order valence-corrected chi connectivity index (χ4v) is 3.36. The van der Waals surface area contributed by atoms with Crippen LogP contribution in [0, 0.1) is 0 Å². The Hall–Kier alpha value is -2.94. The third-order valence-electron chi connectivity index (χ3n) is 4.33. The summed E-state index contributed by atoms with van der Waals surface area (Å²) in [6.07, 6.45) is 0. The number of para-hydroxylation sites is 2. The van der Waals surface area contributed by atoms with Crippen molar-refractivity contribution < 1.29 is 19.0 Å². The second kappa shape index (κ2) is 12.2. The molecule has 0 fully saturated rings. The molecule has 32 heavy (non-hydrogen) atoms. The van der Waals surface area contributed by atoms with Crippen LogP contribution < -0.4 is 20.1 Å². The molecule has 3 rings (SSSR count). The van der Waals surface area contributed by atoms with Crippen LogP contribution in [0.1, 0.15) is 15.9 Å². The van der Waals surface area contributed by atoms with Crippen LogP contribution in [-0.4, -0.2) is 31.3 Å². The van der Waals surface area contributed by atoms with Crippen LogP contribution in [0.2, 0.25) is 0 Å². The third kappa shape index (κ3) is 7.05. The van der Waals surface area contributed by atoms with Gasteiger partial charge in [-0.3, -0.25) is 10.1 Å². The number of hydrogen-bond donors (Lipinski definition) is 2. The number of hydrogen-bond acceptors (Lipinski definition) is 5. The Morgan fingerprint density at radius 1 is 0.938 bits per heavy atom. The summed E-state index contributed by atoms with van der Waals surface area (Å²) in [5.41, 5.74) is 2.06. The molecular formula is C24H23BrN2O4S. The third-order valence-corrected chi connectivity index (χ3v) is 5.03. The molecule has 166 valence electrons. The Kier molecular flexibility index (Phi) is 9.03. The van der Waals surface area contributed by atoms with Crippen LogP contribution in [0.5, 0.6) is 11.5 Å². The molecule has 8 heteroatoms. The van der Waals surface area contributed by atoms with Gasteiger partial charge in [-0.05, 0) is 48.1 Å². The molecule has 3 aromatic rings. The van der Waals surface area contributed by atoms with Crippen molar-refractivity contribution in [2.75, 3.05) is 25.6 Å². The number of carbonyl (C=O) groups is 1. The van der Waals surface area contributed by atoms with E-state index in [1.54, 1.807) is 25.3 Å². The van der Waals surface area contributed by atoms with Gasteiger partial charge in [0, 0.05) is 11.6 Å². The summed E-state index contributed by atoms with van der Waals surface area (Å²) in [6.45, 7) is 1.16. The zero-order chi connectivity index (χ0) is 22.8. The van der Waals surface area contributed by atoms with Crippen molar-refractivity contribution in [3.05, 3.63) is 88.4 Å². The molecular weight excluding hydrogens is 492 g/mol. The topological polar surface area (TPSA) is 68.8 Å². The molecule has 0 atom stereocenters. The van der Waals surface area contributed by atoms with E-state index in [1.165, 1.54) is 0 Å². The van der Waals surface area contributed by atoms with Gasteiger partial charge in [-0.2, -0.15) is 0 Å².